The predicted molar refractivity (Wildman–Crippen MR) is 65.0 cm³/mol. The fourth-order valence-electron chi connectivity index (χ4n) is 2.45. The van der Waals surface area contributed by atoms with Crippen molar-refractivity contribution in [1.29, 1.82) is 0 Å². The third-order valence-corrected chi connectivity index (χ3v) is 3.66. The van der Waals surface area contributed by atoms with Gasteiger partial charge in [0, 0.05) is 11.1 Å². The summed E-state index contributed by atoms with van der Waals surface area (Å²) >= 11 is 5.86. The van der Waals surface area contributed by atoms with Crippen LogP contribution < -0.4 is 5.73 Å². The minimum absolute atomic E-state index is 0.197. The summed E-state index contributed by atoms with van der Waals surface area (Å²) in [4.78, 5) is 0. The Balaban J connectivity index is 2.05. The zero-order valence-corrected chi connectivity index (χ0v) is 9.71. The summed E-state index contributed by atoms with van der Waals surface area (Å²) in [6.45, 7) is 0. The third kappa shape index (κ3) is 2.73. The Bertz CT molecular complexity index is 301. The molecule has 1 aliphatic rings. The summed E-state index contributed by atoms with van der Waals surface area (Å²) in [6, 6.07) is 8.17. The first-order chi connectivity index (χ1) is 7.27. The van der Waals surface area contributed by atoms with Crippen molar-refractivity contribution >= 4 is 11.6 Å². The van der Waals surface area contributed by atoms with Gasteiger partial charge in [-0.05, 0) is 36.5 Å². The Hall–Kier alpha value is -0.530. The summed E-state index contributed by atoms with van der Waals surface area (Å²) in [5.74, 6) is 0.667. The molecule has 0 bridgehead atoms. The molecule has 1 saturated carbocycles. The summed E-state index contributed by atoms with van der Waals surface area (Å²) < 4.78 is 0. The minimum Gasteiger partial charge on any atom is -0.324 e. The van der Waals surface area contributed by atoms with Gasteiger partial charge in [-0.2, -0.15) is 0 Å². The number of rotatable bonds is 2. The number of nitrogens with two attached hydrogens (primary N) is 1. The Labute approximate surface area is 96.6 Å². The first kappa shape index (κ1) is 11.0. The molecule has 0 aromatic heterocycles. The molecular formula is C13H18ClN. The van der Waals surface area contributed by atoms with Crippen LogP contribution in [0.4, 0.5) is 0 Å². The van der Waals surface area contributed by atoms with Gasteiger partial charge < -0.3 is 5.73 Å². The van der Waals surface area contributed by atoms with E-state index in [1.165, 1.54) is 37.7 Å². The second-order valence-electron chi connectivity index (χ2n) is 4.48. The highest BCUT2D eigenvalue weighted by molar-refractivity contribution is 6.30. The summed E-state index contributed by atoms with van der Waals surface area (Å²) in [7, 11) is 0. The topological polar surface area (TPSA) is 26.0 Å². The van der Waals surface area contributed by atoms with E-state index in [1.54, 1.807) is 0 Å². The lowest BCUT2D eigenvalue weighted by molar-refractivity contribution is 0.308. The zero-order valence-electron chi connectivity index (χ0n) is 8.95. The van der Waals surface area contributed by atoms with Gasteiger partial charge in [0.1, 0.15) is 0 Å². The van der Waals surface area contributed by atoms with E-state index in [9.17, 15) is 0 Å². The van der Waals surface area contributed by atoms with Crippen LogP contribution in [0.1, 0.15) is 43.7 Å². The van der Waals surface area contributed by atoms with Gasteiger partial charge in [0.2, 0.25) is 0 Å². The summed E-state index contributed by atoms with van der Waals surface area (Å²) in [5.41, 5.74) is 7.50. The van der Waals surface area contributed by atoms with Gasteiger partial charge in [-0.1, -0.05) is 43.0 Å². The molecule has 2 N–H and O–H groups in total. The standard InChI is InChI=1S/C13H18ClN/c14-12-8-6-11(7-9-12)13(15)10-4-2-1-3-5-10/h6-10,13H,1-5,15H2/t13-/m0/s1. The van der Waals surface area contributed by atoms with Crippen LogP contribution in [0.5, 0.6) is 0 Å². The second-order valence-corrected chi connectivity index (χ2v) is 4.91. The predicted octanol–water partition coefficient (Wildman–Crippen LogP) is 3.92. The molecule has 0 aliphatic heterocycles. The number of hydrogen-bond acceptors (Lipinski definition) is 1. The molecule has 0 saturated heterocycles. The van der Waals surface area contributed by atoms with Gasteiger partial charge >= 0.3 is 0 Å². The van der Waals surface area contributed by atoms with Gasteiger partial charge in [-0.25, -0.2) is 0 Å². The molecule has 1 aromatic carbocycles. The highest BCUT2D eigenvalue weighted by Gasteiger charge is 2.21. The van der Waals surface area contributed by atoms with E-state index in [0.29, 0.717) is 5.92 Å². The molecule has 2 rings (SSSR count). The average Bonchev–Trinajstić information content (AvgIpc) is 2.30. The first-order valence-corrected chi connectivity index (χ1v) is 6.16. The van der Waals surface area contributed by atoms with E-state index in [4.69, 9.17) is 17.3 Å². The maximum absolute atomic E-state index is 6.28. The number of hydrogen-bond donors (Lipinski definition) is 1. The molecule has 0 amide bonds. The van der Waals surface area contributed by atoms with Crippen LogP contribution in [0.2, 0.25) is 5.02 Å². The van der Waals surface area contributed by atoms with Crippen LogP contribution in [-0.4, -0.2) is 0 Å². The van der Waals surface area contributed by atoms with E-state index in [2.05, 4.69) is 12.1 Å². The van der Waals surface area contributed by atoms with Crippen LogP contribution >= 0.6 is 11.6 Å². The smallest absolute Gasteiger partial charge is 0.0406 e. The van der Waals surface area contributed by atoms with E-state index in [-0.39, 0.29) is 6.04 Å². The number of halogens is 1. The molecule has 2 heteroatoms. The van der Waals surface area contributed by atoms with Crippen molar-refractivity contribution in [3.8, 4) is 0 Å². The van der Waals surface area contributed by atoms with Crippen molar-refractivity contribution in [3.05, 3.63) is 34.9 Å². The van der Waals surface area contributed by atoms with Crippen LogP contribution in [-0.2, 0) is 0 Å². The molecule has 1 aromatic rings. The van der Waals surface area contributed by atoms with Gasteiger partial charge in [-0.15, -0.1) is 0 Å². The van der Waals surface area contributed by atoms with Crippen molar-refractivity contribution < 1.29 is 0 Å². The van der Waals surface area contributed by atoms with Crippen LogP contribution in [0.15, 0.2) is 24.3 Å². The van der Waals surface area contributed by atoms with Gasteiger partial charge in [-0.3, -0.25) is 0 Å². The average molecular weight is 224 g/mol. The van der Waals surface area contributed by atoms with Crippen molar-refractivity contribution in [2.45, 2.75) is 38.1 Å². The molecule has 1 nitrogen and oxygen atoms in total. The van der Waals surface area contributed by atoms with Crippen molar-refractivity contribution in [2.75, 3.05) is 0 Å². The Morgan fingerprint density at radius 2 is 1.67 bits per heavy atom. The monoisotopic (exact) mass is 223 g/mol. The lowest BCUT2D eigenvalue weighted by atomic mass is 9.82. The van der Waals surface area contributed by atoms with E-state index in [0.717, 1.165) is 5.02 Å². The van der Waals surface area contributed by atoms with E-state index >= 15 is 0 Å². The van der Waals surface area contributed by atoms with Crippen LogP contribution in [0.25, 0.3) is 0 Å². The molecule has 15 heavy (non-hydrogen) atoms. The largest absolute Gasteiger partial charge is 0.324 e. The molecule has 0 spiro atoms. The maximum Gasteiger partial charge on any atom is 0.0406 e. The quantitative estimate of drug-likeness (QED) is 0.808. The third-order valence-electron chi connectivity index (χ3n) is 3.41. The van der Waals surface area contributed by atoms with Crippen LogP contribution in [0, 0.1) is 5.92 Å². The minimum atomic E-state index is 0.197. The fraction of sp³-hybridized carbons (Fsp3) is 0.538. The Morgan fingerprint density at radius 3 is 2.27 bits per heavy atom. The number of benzene rings is 1. The Morgan fingerprint density at radius 1 is 1.07 bits per heavy atom. The first-order valence-electron chi connectivity index (χ1n) is 5.78. The lowest BCUT2D eigenvalue weighted by Crippen LogP contribution is -2.23. The molecule has 1 atom stereocenters. The van der Waals surface area contributed by atoms with Crippen molar-refractivity contribution in [3.63, 3.8) is 0 Å². The molecular weight excluding hydrogens is 206 g/mol. The second kappa shape index (κ2) is 5.00. The highest BCUT2D eigenvalue weighted by atomic mass is 35.5. The molecule has 0 radical (unpaired) electrons. The van der Waals surface area contributed by atoms with Gasteiger partial charge in [0.25, 0.3) is 0 Å². The van der Waals surface area contributed by atoms with Gasteiger partial charge in [0.05, 0.1) is 0 Å². The Kier molecular flexibility index (Phi) is 3.66. The maximum atomic E-state index is 6.28. The SMILES string of the molecule is N[C@H](c1ccc(Cl)cc1)C1CCCCC1. The molecule has 0 heterocycles. The summed E-state index contributed by atoms with van der Waals surface area (Å²) in [5, 5.41) is 0.787. The normalized spacial score (nSPS) is 20.1. The lowest BCUT2D eigenvalue weighted by Gasteiger charge is -2.27. The van der Waals surface area contributed by atoms with Gasteiger partial charge in [0.15, 0.2) is 0 Å². The molecule has 1 fully saturated rings. The van der Waals surface area contributed by atoms with Crippen molar-refractivity contribution in [1.82, 2.24) is 0 Å². The van der Waals surface area contributed by atoms with Crippen LogP contribution in [0.3, 0.4) is 0 Å². The van der Waals surface area contributed by atoms with E-state index in [1.807, 2.05) is 12.1 Å². The highest BCUT2D eigenvalue weighted by Crippen LogP contribution is 2.33. The zero-order chi connectivity index (χ0) is 10.7. The molecule has 0 unspecified atom stereocenters. The fourth-order valence-corrected chi connectivity index (χ4v) is 2.58. The summed E-state index contributed by atoms with van der Waals surface area (Å²) in [6.07, 6.45) is 6.62. The van der Waals surface area contributed by atoms with E-state index < -0.39 is 0 Å². The van der Waals surface area contributed by atoms with Crippen molar-refractivity contribution in [2.24, 2.45) is 11.7 Å². The molecule has 82 valence electrons. The molecule has 1 aliphatic carbocycles.